The molecule has 0 radical (unpaired) electrons. The van der Waals surface area contributed by atoms with Crippen molar-refractivity contribution in [1.29, 1.82) is 5.26 Å². The van der Waals surface area contributed by atoms with Crippen LogP contribution in [0.15, 0.2) is 24.3 Å². The summed E-state index contributed by atoms with van der Waals surface area (Å²) < 4.78 is 4.57. The molecule has 0 fully saturated rings. The molecule has 1 unspecified atom stereocenters. The number of nitrogens with one attached hydrogen (secondary N) is 1. The number of rotatable bonds is 3. The lowest BCUT2D eigenvalue weighted by Gasteiger charge is -2.13. The van der Waals surface area contributed by atoms with Crippen LogP contribution >= 0.6 is 0 Å². The lowest BCUT2D eigenvalue weighted by molar-refractivity contribution is -0.141. The fourth-order valence-corrected chi connectivity index (χ4v) is 1.18. The first kappa shape index (κ1) is 11.1. The third-order valence-corrected chi connectivity index (χ3v) is 1.97. The fraction of sp³-hybridized carbons (Fsp3) is 0.273. The Hall–Kier alpha value is -2.02. The fourth-order valence-electron chi connectivity index (χ4n) is 1.18. The highest BCUT2D eigenvalue weighted by Crippen LogP contribution is 2.14. The molecule has 1 aromatic carbocycles. The van der Waals surface area contributed by atoms with E-state index in [1.54, 1.807) is 31.2 Å². The first-order chi connectivity index (χ1) is 7.19. The van der Waals surface area contributed by atoms with Gasteiger partial charge in [-0.3, -0.25) is 0 Å². The molecule has 15 heavy (non-hydrogen) atoms. The monoisotopic (exact) mass is 204 g/mol. The van der Waals surface area contributed by atoms with E-state index in [2.05, 4.69) is 10.1 Å². The van der Waals surface area contributed by atoms with Crippen LogP contribution in [0.2, 0.25) is 0 Å². The average molecular weight is 204 g/mol. The van der Waals surface area contributed by atoms with Gasteiger partial charge in [-0.15, -0.1) is 0 Å². The van der Waals surface area contributed by atoms with Crippen molar-refractivity contribution in [2.24, 2.45) is 0 Å². The third kappa shape index (κ3) is 2.71. The maximum atomic E-state index is 11.1. The van der Waals surface area contributed by atoms with E-state index >= 15 is 0 Å². The van der Waals surface area contributed by atoms with Crippen LogP contribution in [0.4, 0.5) is 5.69 Å². The van der Waals surface area contributed by atoms with Gasteiger partial charge in [0.25, 0.3) is 0 Å². The largest absolute Gasteiger partial charge is 0.467 e. The van der Waals surface area contributed by atoms with E-state index in [0.29, 0.717) is 11.3 Å². The Morgan fingerprint density at radius 1 is 1.53 bits per heavy atom. The first-order valence-electron chi connectivity index (χ1n) is 4.52. The Kier molecular flexibility index (Phi) is 3.69. The zero-order valence-corrected chi connectivity index (χ0v) is 8.65. The highest BCUT2D eigenvalue weighted by Gasteiger charge is 2.13. The summed E-state index contributed by atoms with van der Waals surface area (Å²) in [5.41, 5.74) is 1.14. The molecule has 1 atom stereocenters. The summed E-state index contributed by atoms with van der Waals surface area (Å²) in [6.45, 7) is 1.68. The molecule has 0 saturated heterocycles. The van der Waals surface area contributed by atoms with E-state index in [-0.39, 0.29) is 5.97 Å². The Morgan fingerprint density at radius 3 is 2.80 bits per heavy atom. The Labute approximate surface area is 88.5 Å². The molecule has 0 spiro atoms. The molecule has 1 rings (SSSR count). The summed E-state index contributed by atoms with van der Waals surface area (Å²) in [7, 11) is 1.33. The number of anilines is 1. The third-order valence-electron chi connectivity index (χ3n) is 1.97. The van der Waals surface area contributed by atoms with Gasteiger partial charge in [-0.05, 0) is 19.1 Å². The minimum Gasteiger partial charge on any atom is -0.467 e. The van der Waals surface area contributed by atoms with Gasteiger partial charge in [0.2, 0.25) is 0 Å². The molecule has 1 aromatic rings. The maximum Gasteiger partial charge on any atom is 0.327 e. The second kappa shape index (κ2) is 5.01. The molecule has 0 aliphatic heterocycles. The second-order valence-corrected chi connectivity index (χ2v) is 3.05. The molecule has 0 heterocycles. The quantitative estimate of drug-likeness (QED) is 0.758. The van der Waals surface area contributed by atoms with Gasteiger partial charge in [-0.1, -0.05) is 12.1 Å². The van der Waals surface area contributed by atoms with E-state index in [0.717, 1.165) is 0 Å². The van der Waals surface area contributed by atoms with Gasteiger partial charge < -0.3 is 10.1 Å². The maximum absolute atomic E-state index is 11.1. The van der Waals surface area contributed by atoms with Crippen molar-refractivity contribution in [2.45, 2.75) is 13.0 Å². The topological polar surface area (TPSA) is 62.1 Å². The predicted octanol–water partition coefficient (Wildman–Crippen LogP) is 1.53. The summed E-state index contributed by atoms with van der Waals surface area (Å²) >= 11 is 0. The molecule has 4 heteroatoms. The van der Waals surface area contributed by atoms with Crippen LogP contribution in [0.1, 0.15) is 12.5 Å². The molecule has 4 nitrogen and oxygen atoms in total. The lowest BCUT2D eigenvalue weighted by atomic mass is 10.2. The van der Waals surface area contributed by atoms with E-state index in [9.17, 15) is 4.79 Å². The van der Waals surface area contributed by atoms with Crippen molar-refractivity contribution < 1.29 is 9.53 Å². The number of nitriles is 1. The molecule has 78 valence electrons. The highest BCUT2D eigenvalue weighted by atomic mass is 16.5. The SMILES string of the molecule is COC(=O)C(C)Nc1ccccc1C#N. The Morgan fingerprint density at radius 2 is 2.20 bits per heavy atom. The van der Waals surface area contributed by atoms with Crippen molar-refractivity contribution in [3.05, 3.63) is 29.8 Å². The first-order valence-corrected chi connectivity index (χ1v) is 4.52. The Balaban J connectivity index is 2.81. The smallest absolute Gasteiger partial charge is 0.327 e. The molecule has 1 N–H and O–H groups in total. The van der Waals surface area contributed by atoms with Gasteiger partial charge in [-0.2, -0.15) is 5.26 Å². The summed E-state index contributed by atoms with van der Waals surface area (Å²) in [5, 5.41) is 11.7. The summed E-state index contributed by atoms with van der Waals surface area (Å²) in [4.78, 5) is 11.1. The standard InChI is InChI=1S/C11H12N2O2/c1-8(11(14)15-2)13-10-6-4-3-5-9(10)7-12/h3-6,8,13H,1-2H3. The van der Waals surface area contributed by atoms with Crippen molar-refractivity contribution in [1.82, 2.24) is 0 Å². The van der Waals surface area contributed by atoms with Gasteiger partial charge in [-0.25, -0.2) is 4.79 Å². The highest BCUT2D eigenvalue weighted by molar-refractivity contribution is 5.79. The molecular weight excluding hydrogens is 192 g/mol. The number of benzene rings is 1. The number of ether oxygens (including phenoxy) is 1. The molecular formula is C11H12N2O2. The van der Waals surface area contributed by atoms with E-state index in [1.165, 1.54) is 7.11 Å². The van der Waals surface area contributed by atoms with Crippen LogP contribution in [0.25, 0.3) is 0 Å². The van der Waals surface area contributed by atoms with E-state index < -0.39 is 6.04 Å². The second-order valence-electron chi connectivity index (χ2n) is 3.05. The van der Waals surface area contributed by atoms with Gasteiger partial charge in [0, 0.05) is 0 Å². The van der Waals surface area contributed by atoms with E-state index in [4.69, 9.17) is 5.26 Å². The van der Waals surface area contributed by atoms with Gasteiger partial charge in [0.15, 0.2) is 0 Å². The molecule has 0 amide bonds. The average Bonchev–Trinajstić information content (AvgIpc) is 2.28. The number of carbonyl (C=O) groups excluding carboxylic acids is 1. The van der Waals surface area contributed by atoms with Crippen LogP contribution in [0, 0.1) is 11.3 Å². The van der Waals surface area contributed by atoms with Crippen LogP contribution in [-0.4, -0.2) is 19.1 Å². The molecule has 0 saturated carbocycles. The van der Waals surface area contributed by atoms with Crippen molar-refractivity contribution in [3.63, 3.8) is 0 Å². The minimum atomic E-state index is -0.468. The number of carbonyl (C=O) groups is 1. The molecule has 0 bridgehead atoms. The Bertz CT molecular complexity index is 396. The van der Waals surface area contributed by atoms with Crippen LogP contribution < -0.4 is 5.32 Å². The lowest BCUT2D eigenvalue weighted by Crippen LogP contribution is -2.27. The zero-order chi connectivity index (χ0) is 11.3. The number of nitrogens with zero attached hydrogens (tertiary/aromatic N) is 1. The predicted molar refractivity (Wildman–Crippen MR) is 56.3 cm³/mol. The summed E-state index contributed by atoms with van der Waals surface area (Å²) in [6.07, 6.45) is 0. The van der Waals surface area contributed by atoms with Gasteiger partial charge in [0.1, 0.15) is 12.1 Å². The molecule has 0 aliphatic rings. The number of hydrogen-bond acceptors (Lipinski definition) is 4. The van der Waals surface area contributed by atoms with Crippen molar-refractivity contribution >= 4 is 11.7 Å². The van der Waals surface area contributed by atoms with Crippen molar-refractivity contribution in [2.75, 3.05) is 12.4 Å². The van der Waals surface area contributed by atoms with Crippen molar-refractivity contribution in [3.8, 4) is 6.07 Å². The summed E-state index contributed by atoms with van der Waals surface area (Å²) in [5.74, 6) is -0.359. The van der Waals surface area contributed by atoms with Crippen LogP contribution in [0.3, 0.4) is 0 Å². The molecule has 0 aliphatic carbocycles. The number of methoxy groups -OCH3 is 1. The number of para-hydroxylation sites is 1. The normalized spacial score (nSPS) is 11.3. The minimum absolute atomic E-state index is 0.359. The summed E-state index contributed by atoms with van der Waals surface area (Å²) in [6, 6.07) is 8.58. The molecule has 0 aromatic heterocycles. The van der Waals surface area contributed by atoms with Gasteiger partial charge >= 0.3 is 5.97 Å². The number of esters is 1. The van der Waals surface area contributed by atoms with Gasteiger partial charge in [0.05, 0.1) is 18.4 Å². The van der Waals surface area contributed by atoms with Crippen LogP contribution in [0.5, 0.6) is 0 Å². The zero-order valence-electron chi connectivity index (χ0n) is 8.65. The number of hydrogen-bond donors (Lipinski definition) is 1. The van der Waals surface area contributed by atoms with Crippen LogP contribution in [-0.2, 0) is 9.53 Å². The van der Waals surface area contributed by atoms with E-state index in [1.807, 2.05) is 6.07 Å².